The molecule has 2 unspecified atom stereocenters. The van der Waals surface area contributed by atoms with E-state index in [4.69, 9.17) is 4.74 Å². The monoisotopic (exact) mass is 313 g/mol. The molecule has 0 heterocycles. The van der Waals surface area contributed by atoms with E-state index in [0.717, 1.165) is 23.2 Å². The van der Waals surface area contributed by atoms with Gasteiger partial charge in [0.25, 0.3) is 0 Å². The number of rotatable bonds is 7. The van der Waals surface area contributed by atoms with Crippen LogP contribution in [0.15, 0.2) is 22.7 Å². The van der Waals surface area contributed by atoms with E-state index in [0.29, 0.717) is 12.0 Å². The van der Waals surface area contributed by atoms with Gasteiger partial charge in [-0.05, 0) is 42.6 Å². The van der Waals surface area contributed by atoms with E-state index in [1.807, 2.05) is 6.07 Å². The van der Waals surface area contributed by atoms with Crippen LogP contribution in [0.2, 0.25) is 0 Å². The first-order valence-electron chi connectivity index (χ1n) is 6.68. The fraction of sp³-hybridized carbons (Fsp3) is 0.600. The van der Waals surface area contributed by atoms with Crippen LogP contribution in [0, 0.1) is 5.92 Å². The fourth-order valence-corrected chi connectivity index (χ4v) is 2.50. The summed E-state index contributed by atoms with van der Waals surface area (Å²) in [6.45, 7) is 7.73. The van der Waals surface area contributed by atoms with E-state index in [1.54, 1.807) is 7.11 Å². The normalized spacial score (nSPS) is 14.3. The Hall–Kier alpha value is -0.540. The first kappa shape index (κ1) is 15.5. The lowest BCUT2D eigenvalue weighted by atomic mass is 9.93. The molecule has 2 nitrogen and oxygen atoms in total. The highest BCUT2D eigenvalue weighted by Gasteiger charge is 2.16. The molecule has 0 saturated carbocycles. The predicted molar refractivity (Wildman–Crippen MR) is 81.3 cm³/mol. The Balaban J connectivity index is 2.85. The van der Waals surface area contributed by atoms with Crippen molar-refractivity contribution in [3.05, 3.63) is 28.2 Å². The van der Waals surface area contributed by atoms with Crippen molar-refractivity contribution in [2.24, 2.45) is 5.92 Å². The van der Waals surface area contributed by atoms with Gasteiger partial charge in [0.15, 0.2) is 0 Å². The highest BCUT2D eigenvalue weighted by Crippen LogP contribution is 2.25. The smallest absolute Gasteiger partial charge is 0.119 e. The highest BCUT2D eigenvalue weighted by molar-refractivity contribution is 9.10. The van der Waals surface area contributed by atoms with Gasteiger partial charge in [-0.15, -0.1) is 0 Å². The van der Waals surface area contributed by atoms with Gasteiger partial charge < -0.3 is 10.1 Å². The Morgan fingerprint density at radius 1 is 1.33 bits per heavy atom. The van der Waals surface area contributed by atoms with Crippen molar-refractivity contribution in [2.45, 2.75) is 39.7 Å². The zero-order chi connectivity index (χ0) is 13.5. The van der Waals surface area contributed by atoms with Crippen LogP contribution in [-0.2, 0) is 6.42 Å². The molecule has 0 aliphatic carbocycles. The first-order valence-corrected chi connectivity index (χ1v) is 7.47. The lowest BCUT2D eigenvalue weighted by Gasteiger charge is -2.24. The predicted octanol–water partition coefficient (Wildman–Crippen LogP) is 4.02. The van der Waals surface area contributed by atoms with Gasteiger partial charge in [-0.1, -0.05) is 43.1 Å². The van der Waals surface area contributed by atoms with Crippen LogP contribution in [0.25, 0.3) is 0 Å². The van der Waals surface area contributed by atoms with E-state index >= 15 is 0 Å². The summed E-state index contributed by atoms with van der Waals surface area (Å²) in [7, 11) is 1.71. The van der Waals surface area contributed by atoms with Gasteiger partial charge in [0.2, 0.25) is 0 Å². The van der Waals surface area contributed by atoms with Crippen molar-refractivity contribution in [1.29, 1.82) is 0 Å². The van der Waals surface area contributed by atoms with Gasteiger partial charge in [0.1, 0.15) is 5.75 Å². The molecule has 0 radical (unpaired) electrons. The van der Waals surface area contributed by atoms with Crippen molar-refractivity contribution in [2.75, 3.05) is 13.7 Å². The van der Waals surface area contributed by atoms with E-state index in [9.17, 15) is 0 Å². The number of methoxy groups -OCH3 is 1. The van der Waals surface area contributed by atoms with Crippen LogP contribution in [0.3, 0.4) is 0 Å². The Labute approximate surface area is 119 Å². The molecule has 0 aliphatic heterocycles. The molecular weight excluding hydrogens is 290 g/mol. The lowest BCUT2D eigenvalue weighted by Crippen LogP contribution is -2.36. The SMILES string of the molecule is CCNC(Cc1cc(OC)ccc1Br)C(C)CC. The molecule has 0 saturated heterocycles. The third-order valence-corrected chi connectivity index (χ3v) is 4.26. The van der Waals surface area contributed by atoms with Gasteiger partial charge in [-0.2, -0.15) is 0 Å². The fourth-order valence-electron chi connectivity index (χ4n) is 2.09. The van der Waals surface area contributed by atoms with Crippen LogP contribution < -0.4 is 10.1 Å². The second-order valence-corrected chi connectivity index (χ2v) is 5.57. The minimum Gasteiger partial charge on any atom is -0.497 e. The van der Waals surface area contributed by atoms with Crippen molar-refractivity contribution in [3.63, 3.8) is 0 Å². The van der Waals surface area contributed by atoms with Crippen molar-refractivity contribution in [1.82, 2.24) is 5.32 Å². The molecule has 3 heteroatoms. The van der Waals surface area contributed by atoms with Crippen LogP contribution in [0.4, 0.5) is 0 Å². The highest BCUT2D eigenvalue weighted by atomic mass is 79.9. The molecule has 0 bridgehead atoms. The largest absolute Gasteiger partial charge is 0.497 e. The van der Waals surface area contributed by atoms with Gasteiger partial charge in [0, 0.05) is 10.5 Å². The molecule has 1 aromatic rings. The summed E-state index contributed by atoms with van der Waals surface area (Å²) in [5, 5.41) is 3.58. The molecule has 0 aromatic heterocycles. The van der Waals surface area contributed by atoms with Crippen LogP contribution in [0.1, 0.15) is 32.8 Å². The topological polar surface area (TPSA) is 21.3 Å². The Morgan fingerprint density at radius 3 is 2.61 bits per heavy atom. The standard InChI is InChI=1S/C15H24BrNO/c1-5-11(3)15(17-6-2)10-12-9-13(18-4)7-8-14(12)16/h7-9,11,15,17H,5-6,10H2,1-4H3. The number of hydrogen-bond acceptors (Lipinski definition) is 2. The zero-order valence-electron chi connectivity index (χ0n) is 11.8. The summed E-state index contributed by atoms with van der Waals surface area (Å²) in [6, 6.07) is 6.69. The number of nitrogens with one attached hydrogen (secondary N) is 1. The molecule has 1 rings (SSSR count). The van der Waals surface area contributed by atoms with E-state index in [2.05, 4.69) is 54.2 Å². The summed E-state index contributed by atoms with van der Waals surface area (Å²) in [5.41, 5.74) is 1.31. The average molecular weight is 314 g/mol. The molecule has 18 heavy (non-hydrogen) atoms. The molecular formula is C15H24BrNO. The number of benzene rings is 1. The van der Waals surface area contributed by atoms with Crippen molar-refractivity contribution >= 4 is 15.9 Å². The molecule has 0 spiro atoms. The van der Waals surface area contributed by atoms with Gasteiger partial charge in [-0.25, -0.2) is 0 Å². The molecule has 102 valence electrons. The molecule has 1 N–H and O–H groups in total. The molecule has 0 fully saturated rings. The minimum atomic E-state index is 0.517. The molecule has 2 atom stereocenters. The molecule has 0 amide bonds. The van der Waals surface area contributed by atoms with Crippen LogP contribution >= 0.6 is 15.9 Å². The van der Waals surface area contributed by atoms with Gasteiger partial charge in [0.05, 0.1) is 7.11 Å². The minimum absolute atomic E-state index is 0.517. The number of likely N-dealkylation sites (N-methyl/N-ethyl adjacent to an activating group) is 1. The first-order chi connectivity index (χ1) is 8.62. The third-order valence-electron chi connectivity index (χ3n) is 3.49. The maximum atomic E-state index is 5.30. The zero-order valence-corrected chi connectivity index (χ0v) is 13.4. The van der Waals surface area contributed by atoms with Crippen LogP contribution in [-0.4, -0.2) is 19.7 Å². The second kappa shape index (κ2) is 7.80. The summed E-state index contributed by atoms with van der Waals surface area (Å²) in [5.74, 6) is 1.59. The quantitative estimate of drug-likeness (QED) is 0.820. The summed E-state index contributed by atoms with van der Waals surface area (Å²) in [6.07, 6.45) is 2.22. The maximum absolute atomic E-state index is 5.30. The van der Waals surface area contributed by atoms with E-state index in [1.165, 1.54) is 12.0 Å². The Kier molecular flexibility index (Phi) is 6.72. The van der Waals surface area contributed by atoms with Crippen molar-refractivity contribution in [3.8, 4) is 5.75 Å². The van der Waals surface area contributed by atoms with Gasteiger partial charge in [-0.3, -0.25) is 0 Å². The van der Waals surface area contributed by atoms with E-state index in [-0.39, 0.29) is 0 Å². The second-order valence-electron chi connectivity index (χ2n) is 4.71. The molecule has 1 aromatic carbocycles. The van der Waals surface area contributed by atoms with E-state index < -0.39 is 0 Å². The number of halogens is 1. The third kappa shape index (κ3) is 4.29. The Morgan fingerprint density at radius 2 is 2.06 bits per heavy atom. The summed E-state index contributed by atoms with van der Waals surface area (Å²) < 4.78 is 6.46. The average Bonchev–Trinajstić information content (AvgIpc) is 2.39. The lowest BCUT2D eigenvalue weighted by molar-refractivity contribution is 0.369. The van der Waals surface area contributed by atoms with Crippen LogP contribution in [0.5, 0.6) is 5.75 Å². The summed E-state index contributed by atoms with van der Waals surface area (Å²) in [4.78, 5) is 0. The summed E-state index contributed by atoms with van der Waals surface area (Å²) >= 11 is 3.63. The molecule has 0 aliphatic rings. The maximum Gasteiger partial charge on any atom is 0.119 e. The van der Waals surface area contributed by atoms with Crippen molar-refractivity contribution < 1.29 is 4.74 Å². The number of ether oxygens (including phenoxy) is 1. The number of hydrogen-bond donors (Lipinski definition) is 1. The van der Waals surface area contributed by atoms with Gasteiger partial charge >= 0.3 is 0 Å². The Bertz CT molecular complexity index is 368.